The van der Waals surface area contributed by atoms with E-state index >= 15 is 0 Å². The van der Waals surface area contributed by atoms with Crippen LogP contribution in [0.25, 0.3) is 0 Å². The number of amides is 2. The van der Waals surface area contributed by atoms with Gasteiger partial charge in [-0.25, -0.2) is 0 Å². The molecule has 6 nitrogen and oxygen atoms in total. The Morgan fingerprint density at radius 1 is 0.839 bits per heavy atom. The standard InChI is InChI=1S/C25H26N2O4/c1-17-8-10-18(11-9-17)16-26-25(29)20-6-4-5-7-21(20)27-24(28)15-19-12-13-22(30-2)23(14-19)31-3/h4-14H,15-16H2,1-3H3,(H,26,29)(H,27,28). The Morgan fingerprint density at radius 2 is 1.52 bits per heavy atom. The highest BCUT2D eigenvalue weighted by Gasteiger charge is 2.14. The van der Waals surface area contributed by atoms with Gasteiger partial charge in [-0.1, -0.05) is 48.0 Å². The maximum absolute atomic E-state index is 12.7. The topological polar surface area (TPSA) is 76.7 Å². The number of rotatable bonds is 8. The van der Waals surface area contributed by atoms with Gasteiger partial charge in [0.15, 0.2) is 11.5 Å². The number of carbonyl (C=O) groups excluding carboxylic acids is 2. The summed E-state index contributed by atoms with van der Waals surface area (Å²) in [7, 11) is 3.11. The number of aryl methyl sites for hydroxylation is 1. The van der Waals surface area contributed by atoms with Crippen molar-refractivity contribution in [1.29, 1.82) is 0 Å². The van der Waals surface area contributed by atoms with Gasteiger partial charge in [-0.3, -0.25) is 9.59 Å². The second-order valence-electron chi connectivity index (χ2n) is 7.13. The number of anilines is 1. The number of para-hydroxylation sites is 1. The lowest BCUT2D eigenvalue weighted by Crippen LogP contribution is -2.25. The predicted molar refractivity (Wildman–Crippen MR) is 121 cm³/mol. The quantitative estimate of drug-likeness (QED) is 0.577. The molecule has 2 N–H and O–H groups in total. The van der Waals surface area contributed by atoms with E-state index in [9.17, 15) is 9.59 Å². The fraction of sp³-hybridized carbons (Fsp3) is 0.200. The summed E-state index contributed by atoms with van der Waals surface area (Å²) in [6.07, 6.45) is 0.139. The predicted octanol–water partition coefficient (Wildman–Crippen LogP) is 4.12. The van der Waals surface area contributed by atoms with Crippen LogP contribution < -0.4 is 20.1 Å². The molecule has 0 saturated carbocycles. The van der Waals surface area contributed by atoms with Crippen molar-refractivity contribution in [3.8, 4) is 11.5 Å². The number of carbonyl (C=O) groups is 2. The van der Waals surface area contributed by atoms with Crippen LogP contribution in [0.4, 0.5) is 5.69 Å². The van der Waals surface area contributed by atoms with E-state index in [-0.39, 0.29) is 18.2 Å². The lowest BCUT2D eigenvalue weighted by Gasteiger charge is -2.13. The van der Waals surface area contributed by atoms with Crippen LogP contribution in [-0.4, -0.2) is 26.0 Å². The molecule has 3 aromatic rings. The molecule has 3 rings (SSSR count). The highest BCUT2D eigenvalue weighted by Crippen LogP contribution is 2.28. The number of methoxy groups -OCH3 is 2. The van der Waals surface area contributed by atoms with Crippen LogP contribution in [0.1, 0.15) is 27.0 Å². The maximum atomic E-state index is 12.7. The summed E-state index contributed by atoms with van der Waals surface area (Å²) >= 11 is 0. The van der Waals surface area contributed by atoms with Gasteiger partial charge in [0.2, 0.25) is 5.91 Å². The maximum Gasteiger partial charge on any atom is 0.253 e. The summed E-state index contributed by atoms with van der Waals surface area (Å²) in [5, 5.41) is 5.74. The molecule has 3 aromatic carbocycles. The fourth-order valence-corrected chi connectivity index (χ4v) is 3.14. The average Bonchev–Trinajstić information content (AvgIpc) is 2.78. The Bertz CT molecular complexity index is 1060. The fourth-order valence-electron chi connectivity index (χ4n) is 3.14. The summed E-state index contributed by atoms with van der Waals surface area (Å²) < 4.78 is 10.5. The van der Waals surface area contributed by atoms with Gasteiger partial charge in [-0.2, -0.15) is 0 Å². The first kappa shape index (κ1) is 21.9. The number of hydrogen-bond donors (Lipinski definition) is 2. The smallest absolute Gasteiger partial charge is 0.253 e. The van der Waals surface area contributed by atoms with Crippen LogP contribution in [0.3, 0.4) is 0 Å². The Kier molecular flexibility index (Phi) is 7.27. The van der Waals surface area contributed by atoms with Gasteiger partial charge < -0.3 is 20.1 Å². The van der Waals surface area contributed by atoms with E-state index < -0.39 is 0 Å². The Morgan fingerprint density at radius 3 is 2.23 bits per heavy atom. The lowest BCUT2D eigenvalue weighted by molar-refractivity contribution is -0.115. The van der Waals surface area contributed by atoms with Gasteiger partial charge in [0.05, 0.1) is 31.9 Å². The van der Waals surface area contributed by atoms with E-state index in [0.29, 0.717) is 29.3 Å². The van der Waals surface area contributed by atoms with Crippen LogP contribution in [0.15, 0.2) is 66.7 Å². The van der Waals surface area contributed by atoms with E-state index in [2.05, 4.69) is 10.6 Å². The summed E-state index contributed by atoms with van der Waals surface area (Å²) in [6.45, 7) is 2.43. The molecule has 0 heterocycles. The third-order valence-electron chi connectivity index (χ3n) is 4.83. The molecular weight excluding hydrogens is 392 g/mol. The molecule has 6 heteroatoms. The minimum absolute atomic E-state index is 0.139. The van der Waals surface area contributed by atoms with Gasteiger partial charge >= 0.3 is 0 Å². The van der Waals surface area contributed by atoms with Gasteiger partial charge in [0, 0.05) is 6.54 Å². The van der Waals surface area contributed by atoms with Gasteiger partial charge in [0.1, 0.15) is 0 Å². The van der Waals surface area contributed by atoms with Crippen molar-refractivity contribution in [1.82, 2.24) is 5.32 Å². The van der Waals surface area contributed by atoms with Crippen molar-refractivity contribution in [3.63, 3.8) is 0 Å². The highest BCUT2D eigenvalue weighted by molar-refractivity contribution is 6.04. The van der Waals surface area contributed by atoms with E-state index in [1.54, 1.807) is 56.7 Å². The zero-order valence-electron chi connectivity index (χ0n) is 17.9. The molecule has 0 bridgehead atoms. The first-order valence-corrected chi connectivity index (χ1v) is 9.93. The van der Waals surface area contributed by atoms with E-state index in [0.717, 1.165) is 16.7 Å². The molecule has 31 heavy (non-hydrogen) atoms. The van der Waals surface area contributed by atoms with Gasteiger partial charge in [-0.05, 0) is 42.3 Å². The van der Waals surface area contributed by atoms with Crippen molar-refractivity contribution >= 4 is 17.5 Å². The summed E-state index contributed by atoms with van der Waals surface area (Å²) in [5.41, 5.74) is 3.83. The van der Waals surface area contributed by atoms with E-state index in [1.165, 1.54) is 0 Å². The third kappa shape index (κ3) is 5.85. The van der Waals surface area contributed by atoms with Crippen LogP contribution in [0, 0.1) is 6.92 Å². The van der Waals surface area contributed by atoms with Crippen LogP contribution >= 0.6 is 0 Å². The molecule has 160 valence electrons. The third-order valence-corrected chi connectivity index (χ3v) is 4.83. The molecular formula is C25H26N2O4. The number of benzene rings is 3. The SMILES string of the molecule is COc1ccc(CC(=O)Nc2ccccc2C(=O)NCc2ccc(C)cc2)cc1OC. The second-order valence-corrected chi connectivity index (χ2v) is 7.13. The minimum Gasteiger partial charge on any atom is -0.493 e. The molecule has 0 unspecified atom stereocenters. The van der Waals surface area contributed by atoms with Crippen molar-refractivity contribution in [3.05, 3.63) is 89.0 Å². The normalized spacial score (nSPS) is 10.3. The minimum atomic E-state index is -0.248. The molecule has 0 fully saturated rings. The Balaban J connectivity index is 1.66. The van der Waals surface area contributed by atoms with Crippen molar-refractivity contribution in [2.45, 2.75) is 19.9 Å². The zero-order valence-corrected chi connectivity index (χ0v) is 17.9. The molecule has 0 aliphatic heterocycles. The second kappa shape index (κ2) is 10.3. The van der Waals surface area contributed by atoms with Gasteiger partial charge in [-0.15, -0.1) is 0 Å². The summed E-state index contributed by atoms with van der Waals surface area (Å²) in [5.74, 6) is 0.680. The summed E-state index contributed by atoms with van der Waals surface area (Å²) in [4.78, 5) is 25.3. The molecule has 0 aromatic heterocycles. The molecule has 0 spiro atoms. The first-order chi connectivity index (χ1) is 15.0. The molecule has 0 aliphatic rings. The van der Waals surface area contributed by atoms with Crippen molar-refractivity contribution < 1.29 is 19.1 Å². The molecule has 0 saturated heterocycles. The Labute approximate surface area is 182 Å². The van der Waals surface area contributed by atoms with E-state index in [4.69, 9.17) is 9.47 Å². The lowest BCUT2D eigenvalue weighted by atomic mass is 10.1. The molecule has 0 atom stereocenters. The largest absolute Gasteiger partial charge is 0.493 e. The number of ether oxygens (including phenoxy) is 2. The monoisotopic (exact) mass is 418 g/mol. The molecule has 0 radical (unpaired) electrons. The highest BCUT2D eigenvalue weighted by atomic mass is 16.5. The molecule has 2 amide bonds. The van der Waals surface area contributed by atoms with Gasteiger partial charge in [0.25, 0.3) is 5.91 Å². The average molecular weight is 418 g/mol. The molecule has 0 aliphatic carbocycles. The first-order valence-electron chi connectivity index (χ1n) is 9.93. The number of hydrogen-bond acceptors (Lipinski definition) is 4. The van der Waals surface area contributed by atoms with Crippen LogP contribution in [-0.2, 0) is 17.8 Å². The van der Waals surface area contributed by atoms with Crippen molar-refractivity contribution in [2.24, 2.45) is 0 Å². The number of nitrogens with one attached hydrogen (secondary N) is 2. The Hall–Kier alpha value is -3.80. The summed E-state index contributed by atoms with van der Waals surface area (Å²) in [6, 6.07) is 20.2. The van der Waals surface area contributed by atoms with Crippen LogP contribution in [0.5, 0.6) is 11.5 Å². The van der Waals surface area contributed by atoms with E-state index in [1.807, 2.05) is 31.2 Å². The van der Waals surface area contributed by atoms with Crippen molar-refractivity contribution in [2.75, 3.05) is 19.5 Å². The van der Waals surface area contributed by atoms with Crippen LogP contribution in [0.2, 0.25) is 0 Å². The zero-order chi connectivity index (χ0) is 22.2.